The molecule has 0 saturated carbocycles. The molecule has 0 aliphatic rings. The van der Waals surface area contributed by atoms with Crippen LogP contribution < -0.4 is 0 Å². The molecule has 0 bridgehead atoms. The minimum absolute atomic E-state index is 1.02. The zero-order chi connectivity index (χ0) is 13.5. The molecule has 1 heterocycles. The Morgan fingerprint density at radius 3 is 2.37 bits per heavy atom. The van der Waals surface area contributed by atoms with Crippen molar-refractivity contribution >= 4 is 15.9 Å². The van der Waals surface area contributed by atoms with Gasteiger partial charge in [-0.1, -0.05) is 50.5 Å². The summed E-state index contributed by atoms with van der Waals surface area (Å²) in [6.07, 6.45) is 8.31. The van der Waals surface area contributed by atoms with Crippen molar-refractivity contribution in [1.29, 1.82) is 0 Å². The molecule has 2 aromatic rings. The molecule has 0 fully saturated rings. The van der Waals surface area contributed by atoms with Gasteiger partial charge in [0.05, 0.1) is 5.69 Å². The van der Waals surface area contributed by atoms with Crippen LogP contribution in [0.15, 0.2) is 47.1 Å². The molecule has 0 unspecified atom stereocenters. The zero-order valence-electron chi connectivity index (χ0n) is 11.4. The molecule has 0 N–H and O–H groups in total. The summed E-state index contributed by atoms with van der Waals surface area (Å²) in [6.45, 7) is 2.25. The summed E-state index contributed by atoms with van der Waals surface area (Å²) in [5.74, 6) is 0. The summed E-state index contributed by atoms with van der Waals surface area (Å²) < 4.78 is 1.02. The van der Waals surface area contributed by atoms with E-state index in [0.717, 1.165) is 10.2 Å². The Morgan fingerprint density at radius 2 is 1.74 bits per heavy atom. The minimum atomic E-state index is 1.02. The van der Waals surface area contributed by atoms with E-state index in [9.17, 15) is 0 Å². The highest BCUT2D eigenvalue weighted by Crippen LogP contribution is 2.20. The van der Waals surface area contributed by atoms with Crippen LogP contribution in [-0.2, 0) is 6.42 Å². The summed E-state index contributed by atoms with van der Waals surface area (Å²) in [4.78, 5) is 4.42. The Kier molecular flexibility index (Phi) is 5.59. The standard InChI is InChI=1S/C17H20BrN/c1-2-3-4-5-6-14-7-9-15(10-8-14)17-12-11-16(18)13-19-17/h7-13H,2-6H2,1H3. The summed E-state index contributed by atoms with van der Waals surface area (Å²) in [5.41, 5.74) is 3.64. The third-order valence-corrected chi connectivity index (χ3v) is 3.77. The largest absolute Gasteiger partial charge is 0.255 e. The van der Waals surface area contributed by atoms with E-state index in [1.165, 1.54) is 43.2 Å². The fourth-order valence-corrected chi connectivity index (χ4v) is 2.38. The number of rotatable bonds is 6. The molecule has 0 atom stereocenters. The predicted octanol–water partition coefficient (Wildman–Crippen LogP) is 5.63. The summed E-state index contributed by atoms with van der Waals surface area (Å²) in [7, 11) is 0. The van der Waals surface area contributed by atoms with Gasteiger partial charge in [-0.3, -0.25) is 4.98 Å². The van der Waals surface area contributed by atoms with Crippen molar-refractivity contribution in [3.05, 3.63) is 52.6 Å². The lowest BCUT2D eigenvalue weighted by Crippen LogP contribution is -1.87. The molecule has 0 spiro atoms. The molecule has 2 heteroatoms. The first-order valence-corrected chi connectivity index (χ1v) is 7.80. The van der Waals surface area contributed by atoms with Gasteiger partial charge < -0.3 is 0 Å². The number of benzene rings is 1. The number of nitrogens with zero attached hydrogens (tertiary/aromatic N) is 1. The molecule has 0 aliphatic carbocycles. The maximum atomic E-state index is 4.42. The fourth-order valence-electron chi connectivity index (χ4n) is 2.14. The van der Waals surface area contributed by atoms with E-state index in [2.05, 4.69) is 52.1 Å². The second-order valence-electron chi connectivity index (χ2n) is 4.87. The first-order chi connectivity index (χ1) is 9.29. The summed E-state index contributed by atoms with van der Waals surface area (Å²) >= 11 is 3.41. The topological polar surface area (TPSA) is 12.9 Å². The van der Waals surface area contributed by atoms with E-state index in [1.807, 2.05) is 18.3 Å². The van der Waals surface area contributed by atoms with Crippen molar-refractivity contribution in [1.82, 2.24) is 4.98 Å². The van der Waals surface area contributed by atoms with Gasteiger partial charge in [0.25, 0.3) is 0 Å². The van der Waals surface area contributed by atoms with Crippen molar-refractivity contribution in [3.63, 3.8) is 0 Å². The Morgan fingerprint density at radius 1 is 0.947 bits per heavy atom. The number of hydrogen-bond donors (Lipinski definition) is 0. The first kappa shape index (κ1) is 14.3. The molecule has 1 nitrogen and oxygen atoms in total. The smallest absolute Gasteiger partial charge is 0.0702 e. The van der Waals surface area contributed by atoms with Crippen LogP contribution in [0.2, 0.25) is 0 Å². The normalized spacial score (nSPS) is 10.6. The van der Waals surface area contributed by atoms with Gasteiger partial charge in [0.1, 0.15) is 0 Å². The molecular weight excluding hydrogens is 298 g/mol. The molecule has 0 aliphatic heterocycles. The summed E-state index contributed by atoms with van der Waals surface area (Å²) in [6, 6.07) is 12.9. The predicted molar refractivity (Wildman–Crippen MR) is 85.2 cm³/mol. The molecule has 2 rings (SSSR count). The first-order valence-electron chi connectivity index (χ1n) is 7.00. The van der Waals surface area contributed by atoms with Crippen LogP contribution in [0.1, 0.15) is 38.2 Å². The fraction of sp³-hybridized carbons (Fsp3) is 0.353. The highest BCUT2D eigenvalue weighted by atomic mass is 79.9. The van der Waals surface area contributed by atoms with Crippen LogP contribution in [0.4, 0.5) is 0 Å². The SMILES string of the molecule is CCCCCCc1ccc(-c2ccc(Br)cn2)cc1. The average Bonchev–Trinajstić information content (AvgIpc) is 2.45. The monoisotopic (exact) mass is 317 g/mol. The quantitative estimate of drug-likeness (QED) is 0.629. The number of aryl methyl sites for hydroxylation is 1. The van der Waals surface area contributed by atoms with Crippen LogP contribution in [0.5, 0.6) is 0 Å². The Labute approximate surface area is 124 Å². The molecule has 0 radical (unpaired) electrons. The van der Waals surface area contributed by atoms with E-state index < -0.39 is 0 Å². The van der Waals surface area contributed by atoms with Crippen molar-refractivity contribution in [2.45, 2.75) is 39.0 Å². The second-order valence-corrected chi connectivity index (χ2v) is 5.78. The molecule has 0 amide bonds. The van der Waals surface area contributed by atoms with E-state index in [4.69, 9.17) is 0 Å². The molecule has 1 aromatic heterocycles. The maximum Gasteiger partial charge on any atom is 0.0702 e. The Hall–Kier alpha value is -1.15. The highest BCUT2D eigenvalue weighted by Gasteiger charge is 2.00. The molecule has 0 saturated heterocycles. The third-order valence-electron chi connectivity index (χ3n) is 3.30. The van der Waals surface area contributed by atoms with Gasteiger partial charge >= 0.3 is 0 Å². The molecular formula is C17H20BrN. The van der Waals surface area contributed by atoms with E-state index in [1.54, 1.807) is 0 Å². The molecule has 100 valence electrons. The third kappa shape index (κ3) is 4.46. The van der Waals surface area contributed by atoms with Gasteiger partial charge in [0.15, 0.2) is 0 Å². The molecule has 1 aromatic carbocycles. The maximum absolute atomic E-state index is 4.42. The lowest BCUT2D eigenvalue weighted by molar-refractivity contribution is 0.667. The number of halogens is 1. The number of pyridine rings is 1. The van der Waals surface area contributed by atoms with Gasteiger partial charge in [0, 0.05) is 16.2 Å². The van der Waals surface area contributed by atoms with Crippen LogP contribution in [0.25, 0.3) is 11.3 Å². The summed E-state index contributed by atoms with van der Waals surface area (Å²) in [5, 5.41) is 0. The molecule has 19 heavy (non-hydrogen) atoms. The van der Waals surface area contributed by atoms with Crippen LogP contribution >= 0.6 is 15.9 Å². The van der Waals surface area contributed by atoms with Gasteiger partial charge in [-0.2, -0.15) is 0 Å². The highest BCUT2D eigenvalue weighted by molar-refractivity contribution is 9.10. The van der Waals surface area contributed by atoms with E-state index >= 15 is 0 Å². The lowest BCUT2D eigenvalue weighted by atomic mass is 10.0. The van der Waals surface area contributed by atoms with Crippen molar-refractivity contribution in [3.8, 4) is 11.3 Å². The van der Waals surface area contributed by atoms with Gasteiger partial charge in [-0.15, -0.1) is 0 Å². The van der Waals surface area contributed by atoms with Crippen LogP contribution in [0.3, 0.4) is 0 Å². The average molecular weight is 318 g/mol. The van der Waals surface area contributed by atoms with Crippen molar-refractivity contribution < 1.29 is 0 Å². The van der Waals surface area contributed by atoms with Crippen molar-refractivity contribution in [2.24, 2.45) is 0 Å². The van der Waals surface area contributed by atoms with Crippen LogP contribution in [0, 0.1) is 0 Å². The minimum Gasteiger partial charge on any atom is -0.255 e. The Bertz CT molecular complexity index is 488. The van der Waals surface area contributed by atoms with E-state index in [-0.39, 0.29) is 0 Å². The number of hydrogen-bond acceptors (Lipinski definition) is 1. The second kappa shape index (κ2) is 7.44. The Balaban J connectivity index is 1.96. The van der Waals surface area contributed by atoms with Gasteiger partial charge in [-0.05, 0) is 46.5 Å². The number of aromatic nitrogens is 1. The van der Waals surface area contributed by atoms with Crippen LogP contribution in [-0.4, -0.2) is 4.98 Å². The lowest BCUT2D eigenvalue weighted by Gasteiger charge is -2.04. The van der Waals surface area contributed by atoms with E-state index in [0.29, 0.717) is 0 Å². The van der Waals surface area contributed by atoms with Gasteiger partial charge in [0.2, 0.25) is 0 Å². The number of unbranched alkanes of at least 4 members (excludes halogenated alkanes) is 3. The van der Waals surface area contributed by atoms with Crippen molar-refractivity contribution in [2.75, 3.05) is 0 Å². The zero-order valence-corrected chi connectivity index (χ0v) is 13.0. The van der Waals surface area contributed by atoms with Gasteiger partial charge in [-0.25, -0.2) is 0 Å².